The van der Waals surface area contributed by atoms with E-state index in [1.165, 1.54) is 0 Å². The SMILES string of the molecule is COc1nc(Nc2cccc(N(C)C)c2)ncc1Br. The third-order valence-corrected chi connectivity index (χ3v) is 3.07. The first-order chi connectivity index (χ1) is 9.10. The van der Waals surface area contributed by atoms with Crippen LogP contribution in [0.15, 0.2) is 34.9 Å². The lowest BCUT2D eigenvalue weighted by Gasteiger charge is -2.14. The van der Waals surface area contributed by atoms with Crippen LogP contribution in [0.3, 0.4) is 0 Å². The highest BCUT2D eigenvalue weighted by Gasteiger charge is 2.05. The van der Waals surface area contributed by atoms with Gasteiger partial charge in [-0.05, 0) is 34.1 Å². The summed E-state index contributed by atoms with van der Waals surface area (Å²) in [6.45, 7) is 0. The van der Waals surface area contributed by atoms with E-state index in [9.17, 15) is 0 Å². The second-order valence-corrected chi connectivity index (χ2v) is 4.97. The van der Waals surface area contributed by atoms with Gasteiger partial charge in [-0.1, -0.05) is 6.07 Å². The van der Waals surface area contributed by atoms with Crippen LogP contribution < -0.4 is 15.0 Å². The third-order valence-electron chi connectivity index (χ3n) is 2.52. The van der Waals surface area contributed by atoms with E-state index in [0.29, 0.717) is 11.8 Å². The van der Waals surface area contributed by atoms with E-state index in [1.807, 2.05) is 43.3 Å². The van der Waals surface area contributed by atoms with Crippen LogP contribution in [0.25, 0.3) is 0 Å². The van der Waals surface area contributed by atoms with Gasteiger partial charge in [0.15, 0.2) is 0 Å². The van der Waals surface area contributed by atoms with Crippen molar-refractivity contribution in [1.82, 2.24) is 9.97 Å². The van der Waals surface area contributed by atoms with Gasteiger partial charge in [0.2, 0.25) is 11.8 Å². The average molecular weight is 323 g/mol. The van der Waals surface area contributed by atoms with Crippen LogP contribution in [0.1, 0.15) is 0 Å². The van der Waals surface area contributed by atoms with Crippen molar-refractivity contribution in [3.63, 3.8) is 0 Å². The second kappa shape index (κ2) is 5.88. The Bertz CT molecular complexity index is 574. The van der Waals surface area contributed by atoms with Crippen molar-refractivity contribution in [2.45, 2.75) is 0 Å². The van der Waals surface area contributed by atoms with Crippen molar-refractivity contribution in [3.8, 4) is 5.88 Å². The summed E-state index contributed by atoms with van der Waals surface area (Å²) in [4.78, 5) is 10.5. The summed E-state index contributed by atoms with van der Waals surface area (Å²) in [7, 11) is 5.57. The van der Waals surface area contributed by atoms with Crippen LogP contribution in [0.5, 0.6) is 5.88 Å². The zero-order chi connectivity index (χ0) is 13.8. The van der Waals surface area contributed by atoms with E-state index >= 15 is 0 Å². The lowest BCUT2D eigenvalue weighted by atomic mass is 10.2. The number of aromatic nitrogens is 2. The number of ether oxygens (including phenoxy) is 1. The molecular formula is C13H15BrN4O. The van der Waals surface area contributed by atoms with Gasteiger partial charge in [0, 0.05) is 25.5 Å². The Morgan fingerprint density at radius 2 is 2.11 bits per heavy atom. The Hall–Kier alpha value is -1.82. The first kappa shape index (κ1) is 13.6. The molecule has 100 valence electrons. The average Bonchev–Trinajstić information content (AvgIpc) is 2.41. The molecule has 0 aliphatic carbocycles. The molecule has 5 nitrogen and oxygen atoms in total. The number of methoxy groups -OCH3 is 1. The maximum absolute atomic E-state index is 5.14. The number of hydrogen-bond donors (Lipinski definition) is 1. The quantitative estimate of drug-likeness (QED) is 0.937. The molecule has 0 saturated carbocycles. The number of rotatable bonds is 4. The summed E-state index contributed by atoms with van der Waals surface area (Å²) in [6.07, 6.45) is 1.66. The number of nitrogens with zero attached hydrogens (tertiary/aromatic N) is 3. The molecular weight excluding hydrogens is 308 g/mol. The van der Waals surface area contributed by atoms with Gasteiger partial charge in [0.1, 0.15) is 0 Å². The van der Waals surface area contributed by atoms with Crippen LogP contribution in [0.4, 0.5) is 17.3 Å². The molecule has 2 aromatic rings. The summed E-state index contributed by atoms with van der Waals surface area (Å²) in [6, 6.07) is 8.00. The second-order valence-electron chi connectivity index (χ2n) is 4.12. The van der Waals surface area contributed by atoms with Gasteiger partial charge in [-0.2, -0.15) is 4.98 Å². The summed E-state index contributed by atoms with van der Waals surface area (Å²) in [5, 5.41) is 3.15. The molecule has 0 radical (unpaired) electrons. The van der Waals surface area contributed by atoms with Gasteiger partial charge < -0.3 is 15.0 Å². The smallest absolute Gasteiger partial charge is 0.232 e. The Morgan fingerprint density at radius 3 is 2.79 bits per heavy atom. The maximum atomic E-state index is 5.14. The van der Waals surface area contributed by atoms with Crippen LogP contribution in [0, 0.1) is 0 Å². The van der Waals surface area contributed by atoms with Crippen LogP contribution in [-0.4, -0.2) is 31.2 Å². The van der Waals surface area contributed by atoms with Crippen molar-refractivity contribution in [3.05, 3.63) is 34.9 Å². The molecule has 0 aliphatic heterocycles. The van der Waals surface area contributed by atoms with Gasteiger partial charge in [0.25, 0.3) is 0 Å². The molecule has 0 saturated heterocycles. The Morgan fingerprint density at radius 1 is 1.32 bits per heavy atom. The minimum absolute atomic E-state index is 0.496. The molecule has 0 amide bonds. The van der Waals surface area contributed by atoms with E-state index < -0.39 is 0 Å². The summed E-state index contributed by atoms with van der Waals surface area (Å²) in [5.41, 5.74) is 2.03. The maximum Gasteiger partial charge on any atom is 0.232 e. The first-order valence-electron chi connectivity index (χ1n) is 5.71. The van der Waals surface area contributed by atoms with Crippen molar-refractivity contribution in [1.29, 1.82) is 0 Å². The lowest BCUT2D eigenvalue weighted by Crippen LogP contribution is -2.08. The van der Waals surface area contributed by atoms with E-state index in [4.69, 9.17) is 4.74 Å². The van der Waals surface area contributed by atoms with Gasteiger partial charge in [-0.25, -0.2) is 4.98 Å². The number of hydrogen-bond acceptors (Lipinski definition) is 5. The Kier molecular flexibility index (Phi) is 4.21. The standard InChI is InChI=1S/C13H15BrN4O/c1-18(2)10-6-4-5-9(7-10)16-13-15-8-11(14)12(17-13)19-3/h4-8H,1-3H3,(H,15,16,17). The predicted octanol–water partition coefficient (Wildman–Crippen LogP) is 3.06. The van der Waals surface area contributed by atoms with E-state index in [-0.39, 0.29) is 0 Å². The topological polar surface area (TPSA) is 50.3 Å². The fraction of sp³-hybridized carbons (Fsp3) is 0.231. The summed E-state index contributed by atoms with van der Waals surface area (Å²) < 4.78 is 5.86. The van der Waals surface area contributed by atoms with Crippen molar-refractivity contribution in [2.75, 3.05) is 31.4 Å². The van der Waals surface area contributed by atoms with Crippen molar-refractivity contribution in [2.24, 2.45) is 0 Å². The van der Waals surface area contributed by atoms with Gasteiger partial charge in [-0.3, -0.25) is 0 Å². The highest BCUT2D eigenvalue weighted by molar-refractivity contribution is 9.10. The van der Waals surface area contributed by atoms with Crippen molar-refractivity contribution >= 4 is 33.3 Å². The van der Waals surface area contributed by atoms with Crippen LogP contribution >= 0.6 is 15.9 Å². The summed E-state index contributed by atoms with van der Waals surface area (Å²) >= 11 is 3.32. The molecule has 19 heavy (non-hydrogen) atoms. The number of anilines is 3. The van der Waals surface area contributed by atoms with Gasteiger partial charge in [-0.15, -0.1) is 0 Å². The van der Waals surface area contributed by atoms with E-state index in [1.54, 1.807) is 13.3 Å². The van der Waals surface area contributed by atoms with Crippen LogP contribution in [-0.2, 0) is 0 Å². The molecule has 1 aromatic heterocycles. The largest absolute Gasteiger partial charge is 0.480 e. The zero-order valence-corrected chi connectivity index (χ0v) is 12.6. The van der Waals surface area contributed by atoms with E-state index in [0.717, 1.165) is 15.8 Å². The van der Waals surface area contributed by atoms with Crippen LogP contribution in [0.2, 0.25) is 0 Å². The molecule has 1 heterocycles. The number of halogens is 1. The van der Waals surface area contributed by atoms with Gasteiger partial charge >= 0.3 is 0 Å². The molecule has 0 aliphatic rings. The molecule has 0 atom stereocenters. The highest BCUT2D eigenvalue weighted by Crippen LogP contribution is 2.24. The molecule has 0 unspecified atom stereocenters. The monoisotopic (exact) mass is 322 g/mol. The zero-order valence-electron chi connectivity index (χ0n) is 11.0. The molecule has 0 fully saturated rings. The first-order valence-corrected chi connectivity index (χ1v) is 6.50. The third kappa shape index (κ3) is 3.35. The lowest BCUT2D eigenvalue weighted by molar-refractivity contribution is 0.394. The normalized spacial score (nSPS) is 10.1. The number of benzene rings is 1. The fourth-order valence-electron chi connectivity index (χ4n) is 1.55. The molecule has 2 rings (SSSR count). The molecule has 1 N–H and O–H groups in total. The predicted molar refractivity (Wildman–Crippen MR) is 80.3 cm³/mol. The highest BCUT2D eigenvalue weighted by atomic mass is 79.9. The minimum atomic E-state index is 0.496. The van der Waals surface area contributed by atoms with Gasteiger partial charge in [0.05, 0.1) is 17.8 Å². The summed E-state index contributed by atoms with van der Waals surface area (Å²) in [5.74, 6) is 0.997. The Labute approximate surface area is 120 Å². The van der Waals surface area contributed by atoms with Crippen molar-refractivity contribution < 1.29 is 4.74 Å². The van der Waals surface area contributed by atoms with E-state index in [2.05, 4.69) is 31.2 Å². The molecule has 0 bridgehead atoms. The molecule has 1 aromatic carbocycles. The Balaban J connectivity index is 2.23. The minimum Gasteiger partial charge on any atom is -0.480 e. The fourth-order valence-corrected chi connectivity index (χ4v) is 1.90. The number of nitrogens with one attached hydrogen (secondary N) is 1. The molecule has 0 spiro atoms. The molecule has 6 heteroatoms.